The summed E-state index contributed by atoms with van der Waals surface area (Å²) in [5.41, 5.74) is 1.08. The number of carbonyl (C=O) groups is 1. The van der Waals surface area contributed by atoms with Crippen molar-refractivity contribution in [1.82, 2.24) is 0 Å². The van der Waals surface area contributed by atoms with E-state index in [2.05, 4.69) is 28.1 Å². The van der Waals surface area contributed by atoms with Crippen molar-refractivity contribution in [3.63, 3.8) is 0 Å². The third-order valence-electron chi connectivity index (χ3n) is 3.47. The van der Waals surface area contributed by atoms with Gasteiger partial charge in [-0.15, -0.1) is 0 Å². The van der Waals surface area contributed by atoms with Gasteiger partial charge in [0.25, 0.3) is 0 Å². The van der Waals surface area contributed by atoms with Crippen molar-refractivity contribution in [3.05, 3.63) is 46.5 Å². The molecule has 2 rings (SSSR count). The summed E-state index contributed by atoms with van der Waals surface area (Å²) in [4.78, 5) is 11.4. The molecule has 0 fully saturated rings. The number of benzene rings is 1. The molecular formula is C15H17BrO2. The van der Waals surface area contributed by atoms with Crippen LogP contribution in [-0.4, -0.2) is 11.1 Å². The van der Waals surface area contributed by atoms with Crippen LogP contribution < -0.4 is 0 Å². The van der Waals surface area contributed by atoms with E-state index in [9.17, 15) is 9.90 Å². The SMILES string of the molecule is O=C(O)C(Cc1cccc(Br)c1)C1C=CCCC1. The van der Waals surface area contributed by atoms with Gasteiger partial charge < -0.3 is 5.11 Å². The van der Waals surface area contributed by atoms with Gasteiger partial charge in [-0.2, -0.15) is 0 Å². The Morgan fingerprint density at radius 2 is 2.33 bits per heavy atom. The quantitative estimate of drug-likeness (QED) is 0.852. The predicted molar refractivity (Wildman–Crippen MR) is 75.5 cm³/mol. The van der Waals surface area contributed by atoms with Crippen molar-refractivity contribution in [2.24, 2.45) is 11.8 Å². The van der Waals surface area contributed by atoms with E-state index in [4.69, 9.17) is 0 Å². The highest BCUT2D eigenvalue weighted by atomic mass is 79.9. The van der Waals surface area contributed by atoms with Gasteiger partial charge >= 0.3 is 5.97 Å². The lowest BCUT2D eigenvalue weighted by Gasteiger charge is -2.23. The molecule has 1 aliphatic rings. The van der Waals surface area contributed by atoms with Crippen LogP contribution in [0.3, 0.4) is 0 Å². The molecule has 0 spiro atoms. The Hall–Kier alpha value is -1.09. The van der Waals surface area contributed by atoms with Gasteiger partial charge in [-0.3, -0.25) is 4.79 Å². The fourth-order valence-electron chi connectivity index (χ4n) is 2.51. The summed E-state index contributed by atoms with van der Waals surface area (Å²) in [5, 5.41) is 9.41. The molecule has 0 saturated heterocycles. The van der Waals surface area contributed by atoms with Crippen LogP contribution in [0.2, 0.25) is 0 Å². The Balaban J connectivity index is 2.13. The molecular weight excluding hydrogens is 292 g/mol. The molecule has 1 N–H and O–H groups in total. The minimum absolute atomic E-state index is 0.176. The Labute approximate surface area is 116 Å². The first-order chi connectivity index (χ1) is 8.66. The van der Waals surface area contributed by atoms with Crippen LogP contribution in [0.25, 0.3) is 0 Å². The first kappa shape index (κ1) is 13.3. The molecule has 0 amide bonds. The van der Waals surface area contributed by atoms with Crippen molar-refractivity contribution in [1.29, 1.82) is 0 Å². The van der Waals surface area contributed by atoms with Crippen molar-refractivity contribution < 1.29 is 9.90 Å². The molecule has 2 unspecified atom stereocenters. The van der Waals surface area contributed by atoms with Gasteiger partial charge in [-0.1, -0.05) is 40.2 Å². The standard InChI is InChI=1S/C15H17BrO2/c16-13-8-4-5-11(9-13)10-14(15(17)18)12-6-2-1-3-7-12/h2,4-6,8-9,12,14H,1,3,7,10H2,(H,17,18). The average molecular weight is 309 g/mol. The van der Waals surface area contributed by atoms with E-state index in [-0.39, 0.29) is 11.8 Å². The lowest BCUT2D eigenvalue weighted by molar-refractivity contribution is -0.143. The van der Waals surface area contributed by atoms with E-state index < -0.39 is 5.97 Å². The molecule has 0 radical (unpaired) electrons. The third kappa shape index (κ3) is 3.45. The van der Waals surface area contributed by atoms with Gasteiger partial charge in [0.2, 0.25) is 0 Å². The molecule has 3 heteroatoms. The normalized spacial score (nSPS) is 20.6. The number of halogens is 1. The monoisotopic (exact) mass is 308 g/mol. The van der Waals surface area contributed by atoms with E-state index in [0.717, 1.165) is 29.3 Å². The molecule has 0 aromatic heterocycles. The third-order valence-corrected chi connectivity index (χ3v) is 3.96. The molecule has 2 atom stereocenters. The van der Waals surface area contributed by atoms with Gasteiger partial charge in [-0.05, 0) is 49.3 Å². The smallest absolute Gasteiger partial charge is 0.307 e. The lowest BCUT2D eigenvalue weighted by Crippen LogP contribution is -2.25. The first-order valence-electron chi connectivity index (χ1n) is 6.31. The summed E-state index contributed by atoms with van der Waals surface area (Å²) >= 11 is 3.42. The first-order valence-corrected chi connectivity index (χ1v) is 7.10. The Morgan fingerprint density at radius 3 is 2.94 bits per heavy atom. The molecule has 0 aliphatic heterocycles. The van der Waals surface area contributed by atoms with Crippen molar-refractivity contribution in [3.8, 4) is 0 Å². The van der Waals surface area contributed by atoms with Crippen LogP contribution in [-0.2, 0) is 11.2 Å². The molecule has 18 heavy (non-hydrogen) atoms. The molecule has 2 nitrogen and oxygen atoms in total. The van der Waals surface area contributed by atoms with Crippen molar-refractivity contribution in [2.45, 2.75) is 25.7 Å². The second-order valence-electron chi connectivity index (χ2n) is 4.80. The van der Waals surface area contributed by atoms with E-state index in [0.29, 0.717) is 6.42 Å². The zero-order valence-corrected chi connectivity index (χ0v) is 11.8. The van der Waals surface area contributed by atoms with Crippen molar-refractivity contribution >= 4 is 21.9 Å². The van der Waals surface area contributed by atoms with Crippen LogP contribution >= 0.6 is 15.9 Å². The van der Waals surface area contributed by atoms with E-state index >= 15 is 0 Å². The number of allylic oxidation sites excluding steroid dienone is 2. The molecule has 1 aromatic rings. The summed E-state index contributed by atoms with van der Waals surface area (Å²) in [6.07, 6.45) is 7.97. The largest absolute Gasteiger partial charge is 0.481 e. The highest BCUT2D eigenvalue weighted by Crippen LogP contribution is 2.28. The summed E-state index contributed by atoms with van der Waals surface area (Å²) in [6.45, 7) is 0. The van der Waals surface area contributed by atoms with Crippen molar-refractivity contribution in [2.75, 3.05) is 0 Å². The van der Waals surface area contributed by atoms with Gasteiger partial charge in [-0.25, -0.2) is 0 Å². The average Bonchev–Trinajstić information content (AvgIpc) is 2.37. The maximum absolute atomic E-state index is 11.4. The minimum atomic E-state index is -0.688. The molecule has 96 valence electrons. The van der Waals surface area contributed by atoms with Crippen LogP contribution in [0.4, 0.5) is 0 Å². The Kier molecular flexibility index (Phi) is 4.59. The molecule has 0 saturated carbocycles. The van der Waals surface area contributed by atoms with Gasteiger partial charge in [0.1, 0.15) is 0 Å². The van der Waals surface area contributed by atoms with Crippen LogP contribution in [0.1, 0.15) is 24.8 Å². The Morgan fingerprint density at radius 1 is 1.50 bits per heavy atom. The molecule has 0 bridgehead atoms. The number of hydrogen-bond acceptors (Lipinski definition) is 1. The number of hydrogen-bond donors (Lipinski definition) is 1. The molecule has 1 aliphatic carbocycles. The highest BCUT2D eigenvalue weighted by molar-refractivity contribution is 9.10. The number of carboxylic acids is 1. The van der Waals surface area contributed by atoms with Crippen LogP contribution in [0.5, 0.6) is 0 Å². The zero-order valence-electron chi connectivity index (χ0n) is 10.2. The van der Waals surface area contributed by atoms with Crippen LogP contribution in [0.15, 0.2) is 40.9 Å². The summed E-state index contributed by atoms with van der Waals surface area (Å²) in [6, 6.07) is 7.91. The number of rotatable bonds is 4. The Bertz CT molecular complexity index is 454. The topological polar surface area (TPSA) is 37.3 Å². The number of aliphatic carboxylic acids is 1. The number of carboxylic acid groups (broad SMARTS) is 1. The molecule has 0 heterocycles. The predicted octanol–water partition coefficient (Wildman–Crippen LogP) is 4.05. The van der Waals surface area contributed by atoms with Gasteiger partial charge in [0.05, 0.1) is 5.92 Å². The highest BCUT2D eigenvalue weighted by Gasteiger charge is 2.27. The lowest BCUT2D eigenvalue weighted by atomic mass is 9.81. The van der Waals surface area contributed by atoms with Gasteiger partial charge in [0.15, 0.2) is 0 Å². The second-order valence-corrected chi connectivity index (χ2v) is 5.72. The zero-order chi connectivity index (χ0) is 13.0. The maximum atomic E-state index is 11.4. The second kappa shape index (κ2) is 6.19. The molecule has 1 aromatic carbocycles. The van der Waals surface area contributed by atoms with Crippen LogP contribution in [0, 0.1) is 11.8 Å². The van der Waals surface area contributed by atoms with E-state index in [1.807, 2.05) is 24.3 Å². The fraction of sp³-hybridized carbons (Fsp3) is 0.400. The summed E-state index contributed by atoms with van der Waals surface area (Å²) < 4.78 is 1.00. The fourth-order valence-corrected chi connectivity index (χ4v) is 2.96. The van der Waals surface area contributed by atoms with Gasteiger partial charge in [0, 0.05) is 4.47 Å². The summed E-state index contributed by atoms with van der Waals surface area (Å²) in [5.74, 6) is -0.822. The van der Waals surface area contributed by atoms with E-state index in [1.54, 1.807) is 0 Å². The summed E-state index contributed by atoms with van der Waals surface area (Å²) in [7, 11) is 0. The van der Waals surface area contributed by atoms with E-state index in [1.165, 1.54) is 0 Å². The maximum Gasteiger partial charge on any atom is 0.307 e. The minimum Gasteiger partial charge on any atom is -0.481 e.